The van der Waals surface area contributed by atoms with Crippen molar-refractivity contribution in [3.8, 4) is 0 Å². The van der Waals surface area contributed by atoms with E-state index in [9.17, 15) is 21.2 Å². The van der Waals surface area contributed by atoms with Gasteiger partial charge in [-0.25, -0.2) is 12.8 Å². The Morgan fingerprint density at radius 2 is 1.67 bits per heavy atom. The molecule has 0 amide bonds. The van der Waals surface area contributed by atoms with Crippen LogP contribution in [0.25, 0.3) is 0 Å². The minimum atomic E-state index is -4.02. The molecule has 3 aromatic rings. The highest BCUT2D eigenvalue weighted by atomic mass is 32.2. The fourth-order valence-electron chi connectivity index (χ4n) is 3.74. The molecule has 0 spiro atoms. The molecule has 0 aliphatic carbocycles. The molecule has 1 heterocycles. The van der Waals surface area contributed by atoms with Crippen LogP contribution in [0.1, 0.15) is 29.2 Å². The summed E-state index contributed by atoms with van der Waals surface area (Å²) in [5.41, 5.74) is 2.58. The van der Waals surface area contributed by atoms with Gasteiger partial charge in [0.1, 0.15) is 5.82 Å². The first kappa shape index (κ1) is 22.9. The Morgan fingerprint density at radius 3 is 2.30 bits per heavy atom. The maximum Gasteiger partial charge on any atom is 0.279 e. The summed E-state index contributed by atoms with van der Waals surface area (Å²) in [4.78, 5) is 0.129. The molecule has 0 saturated carbocycles. The van der Waals surface area contributed by atoms with Crippen LogP contribution in [-0.4, -0.2) is 33.2 Å². The molecule has 172 valence electrons. The highest BCUT2D eigenvalue weighted by Crippen LogP contribution is 2.38. The van der Waals surface area contributed by atoms with Crippen LogP contribution < -0.4 is 4.72 Å². The molecule has 1 N–H and O–H groups in total. The standard InChI is InChI=1S/C23H22FN3O4S2/c1-16-6-3-4-9-23(16)33(30,31)27-22(18-7-5-8-19(24)14-18)15-21(25-27)17-10-12-20(13-11-17)26-32(2,28)29/h3-14,22,26H,15H2,1-2H3. The van der Waals surface area contributed by atoms with Crippen molar-refractivity contribution >= 4 is 31.4 Å². The van der Waals surface area contributed by atoms with Crippen LogP contribution in [0.3, 0.4) is 0 Å². The van der Waals surface area contributed by atoms with E-state index < -0.39 is 31.9 Å². The van der Waals surface area contributed by atoms with Crippen molar-refractivity contribution in [1.29, 1.82) is 0 Å². The summed E-state index contributed by atoms with van der Waals surface area (Å²) in [5, 5.41) is 4.44. The molecule has 4 rings (SSSR count). The molecule has 1 aliphatic rings. The number of rotatable bonds is 6. The minimum absolute atomic E-state index is 0.129. The summed E-state index contributed by atoms with van der Waals surface area (Å²) in [6, 6.07) is 18.2. The normalized spacial score (nSPS) is 16.5. The van der Waals surface area contributed by atoms with Crippen LogP contribution in [0.15, 0.2) is 82.8 Å². The van der Waals surface area contributed by atoms with Crippen molar-refractivity contribution in [2.45, 2.75) is 24.3 Å². The largest absolute Gasteiger partial charge is 0.284 e. The number of nitrogens with zero attached hydrogens (tertiary/aromatic N) is 2. The Kier molecular flexibility index (Phi) is 5.98. The summed E-state index contributed by atoms with van der Waals surface area (Å²) in [7, 11) is -7.45. The van der Waals surface area contributed by atoms with Gasteiger partial charge in [0.2, 0.25) is 10.0 Å². The van der Waals surface area contributed by atoms with E-state index >= 15 is 0 Å². The summed E-state index contributed by atoms with van der Waals surface area (Å²) in [5.74, 6) is -0.467. The molecule has 0 radical (unpaired) electrons. The summed E-state index contributed by atoms with van der Waals surface area (Å²) in [6.07, 6.45) is 1.28. The topological polar surface area (TPSA) is 95.9 Å². The molecule has 1 aliphatic heterocycles. The third-order valence-electron chi connectivity index (χ3n) is 5.25. The molecular formula is C23H22FN3O4S2. The molecule has 1 unspecified atom stereocenters. The first-order valence-corrected chi connectivity index (χ1v) is 13.4. The predicted octanol–water partition coefficient (Wildman–Crippen LogP) is 4.05. The lowest BCUT2D eigenvalue weighted by molar-refractivity contribution is 0.370. The zero-order valence-corrected chi connectivity index (χ0v) is 19.6. The van der Waals surface area contributed by atoms with Crippen LogP contribution >= 0.6 is 0 Å². The number of hydrogen-bond donors (Lipinski definition) is 1. The van der Waals surface area contributed by atoms with E-state index in [0.29, 0.717) is 28.1 Å². The molecule has 0 saturated heterocycles. The Bertz CT molecular complexity index is 1440. The monoisotopic (exact) mass is 487 g/mol. The van der Waals surface area contributed by atoms with Crippen molar-refractivity contribution < 1.29 is 21.2 Å². The second-order valence-corrected chi connectivity index (χ2v) is 11.3. The molecule has 0 fully saturated rings. The maximum absolute atomic E-state index is 14.0. The van der Waals surface area contributed by atoms with Crippen LogP contribution in [0.5, 0.6) is 0 Å². The van der Waals surface area contributed by atoms with Crippen molar-refractivity contribution in [3.63, 3.8) is 0 Å². The van der Waals surface area contributed by atoms with Crippen molar-refractivity contribution in [1.82, 2.24) is 4.41 Å². The first-order valence-electron chi connectivity index (χ1n) is 10.1. The molecular weight excluding hydrogens is 465 g/mol. The number of hydrazone groups is 1. The van der Waals surface area contributed by atoms with Crippen molar-refractivity contribution in [2.75, 3.05) is 11.0 Å². The fourth-order valence-corrected chi connectivity index (χ4v) is 5.97. The lowest BCUT2D eigenvalue weighted by Crippen LogP contribution is -2.28. The van der Waals surface area contributed by atoms with E-state index in [1.54, 1.807) is 55.5 Å². The van der Waals surface area contributed by atoms with E-state index in [-0.39, 0.29) is 11.3 Å². The van der Waals surface area contributed by atoms with E-state index in [4.69, 9.17) is 0 Å². The fraction of sp³-hybridized carbons (Fsp3) is 0.174. The number of benzene rings is 3. The van der Waals surface area contributed by atoms with Gasteiger partial charge in [0.05, 0.1) is 22.9 Å². The molecule has 7 nitrogen and oxygen atoms in total. The number of hydrogen-bond acceptors (Lipinski definition) is 5. The van der Waals surface area contributed by atoms with Gasteiger partial charge in [0, 0.05) is 12.1 Å². The highest BCUT2D eigenvalue weighted by molar-refractivity contribution is 7.92. The van der Waals surface area contributed by atoms with Crippen LogP contribution in [0.4, 0.5) is 10.1 Å². The van der Waals surface area contributed by atoms with Gasteiger partial charge in [-0.05, 0) is 53.9 Å². The van der Waals surface area contributed by atoms with E-state index in [1.807, 2.05) is 0 Å². The lowest BCUT2D eigenvalue weighted by Gasteiger charge is -2.24. The van der Waals surface area contributed by atoms with Crippen molar-refractivity contribution in [3.05, 3.63) is 95.3 Å². The van der Waals surface area contributed by atoms with Gasteiger partial charge in [-0.1, -0.05) is 42.5 Å². The van der Waals surface area contributed by atoms with Gasteiger partial charge in [-0.15, -0.1) is 0 Å². The average molecular weight is 488 g/mol. The molecule has 0 aromatic heterocycles. The van der Waals surface area contributed by atoms with E-state index in [1.165, 1.54) is 24.3 Å². The van der Waals surface area contributed by atoms with Crippen LogP contribution in [-0.2, 0) is 20.0 Å². The minimum Gasteiger partial charge on any atom is -0.284 e. The molecule has 0 bridgehead atoms. The van der Waals surface area contributed by atoms with E-state index in [0.717, 1.165) is 10.7 Å². The third kappa shape index (κ3) is 4.91. The predicted molar refractivity (Wildman–Crippen MR) is 125 cm³/mol. The first-order chi connectivity index (χ1) is 15.5. The quantitative estimate of drug-likeness (QED) is 0.568. The van der Waals surface area contributed by atoms with Gasteiger partial charge in [0.25, 0.3) is 10.0 Å². The second-order valence-electron chi connectivity index (χ2n) is 7.82. The third-order valence-corrected chi connectivity index (χ3v) is 7.69. The van der Waals surface area contributed by atoms with Gasteiger partial charge in [-0.2, -0.15) is 17.9 Å². The molecule has 3 aromatic carbocycles. The van der Waals surface area contributed by atoms with Gasteiger partial charge < -0.3 is 0 Å². The maximum atomic E-state index is 14.0. The highest BCUT2D eigenvalue weighted by Gasteiger charge is 2.38. The smallest absolute Gasteiger partial charge is 0.279 e. The zero-order valence-electron chi connectivity index (χ0n) is 17.9. The van der Waals surface area contributed by atoms with Crippen molar-refractivity contribution in [2.24, 2.45) is 5.10 Å². The zero-order chi connectivity index (χ0) is 23.8. The average Bonchev–Trinajstić information content (AvgIpc) is 3.20. The lowest BCUT2D eigenvalue weighted by atomic mass is 9.99. The Morgan fingerprint density at radius 1 is 0.970 bits per heavy atom. The summed E-state index contributed by atoms with van der Waals surface area (Å²) >= 11 is 0. The second kappa shape index (κ2) is 8.60. The molecule has 1 atom stereocenters. The molecule has 33 heavy (non-hydrogen) atoms. The van der Waals surface area contributed by atoms with Crippen LogP contribution in [0, 0.1) is 12.7 Å². The number of anilines is 1. The summed E-state index contributed by atoms with van der Waals surface area (Å²) in [6.45, 7) is 1.71. The number of sulfonamides is 2. The number of aryl methyl sites for hydroxylation is 1. The Labute approximate surface area is 192 Å². The summed E-state index contributed by atoms with van der Waals surface area (Å²) < 4.78 is 67.4. The van der Waals surface area contributed by atoms with E-state index in [2.05, 4.69) is 9.82 Å². The van der Waals surface area contributed by atoms with Gasteiger partial charge >= 0.3 is 0 Å². The number of halogens is 1. The Balaban J connectivity index is 1.76. The Hall–Kier alpha value is -3.24. The SMILES string of the molecule is Cc1ccccc1S(=O)(=O)N1N=C(c2ccc(NS(C)(=O)=O)cc2)CC1c1cccc(F)c1. The van der Waals surface area contributed by atoms with Gasteiger partial charge in [0.15, 0.2) is 0 Å². The van der Waals surface area contributed by atoms with Crippen LogP contribution in [0.2, 0.25) is 0 Å². The number of nitrogens with one attached hydrogen (secondary N) is 1. The molecule has 10 heteroatoms. The van der Waals surface area contributed by atoms with Gasteiger partial charge in [-0.3, -0.25) is 4.72 Å².